The van der Waals surface area contributed by atoms with Crippen LogP contribution in [0.4, 0.5) is 0 Å². The Labute approximate surface area is 129 Å². The third kappa shape index (κ3) is 1.80. The molecule has 0 aromatic carbocycles. The fourth-order valence-electron chi connectivity index (χ4n) is 5.07. The summed E-state index contributed by atoms with van der Waals surface area (Å²) in [5.41, 5.74) is 8.24. The molecule has 1 saturated carbocycles. The monoisotopic (exact) mass is 309 g/mol. The summed E-state index contributed by atoms with van der Waals surface area (Å²) in [6, 6.07) is 0. The Morgan fingerprint density at radius 1 is 1.14 bits per heavy atom. The lowest BCUT2D eigenvalue weighted by Crippen LogP contribution is -2.70. The molecule has 5 fully saturated rings. The fraction of sp³-hybridized carbons (Fsp3) is 1.00. The third-order valence-electron chi connectivity index (χ3n) is 6.29. The van der Waals surface area contributed by atoms with Gasteiger partial charge in [-0.25, -0.2) is 9.78 Å². The van der Waals surface area contributed by atoms with E-state index in [4.69, 9.17) is 24.8 Å². The molecule has 0 radical (unpaired) electrons. The second-order valence-corrected chi connectivity index (χ2v) is 7.50. The van der Waals surface area contributed by atoms with Gasteiger partial charge in [0.1, 0.15) is 6.23 Å². The van der Waals surface area contributed by atoms with E-state index in [1.807, 2.05) is 6.92 Å². The topological polar surface area (TPSA) is 85.7 Å². The lowest BCUT2D eigenvalue weighted by molar-refractivity contribution is -0.570. The van der Waals surface area contributed by atoms with Crippen molar-refractivity contribution in [3.8, 4) is 0 Å². The van der Waals surface area contributed by atoms with E-state index in [9.17, 15) is 0 Å². The number of hydrogen-bond acceptors (Lipinski definition) is 5. The summed E-state index contributed by atoms with van der Waals surface area (Å²) >= 11 is 0. The van der Waals surface area contributed by atoms with Crippen molar-refractivity contribution in [3.05, 3.63) is 10.4 Å². The van der Waals surface area contributed by atoms with E-state index in [1.54, 1.807) is 0 Å². The van der Waals surface area contributed by atoms with Crippen LogP contribution < -0.4 is 0 Å². The first-order valence-corrected chi connectivity index (χ1v) is 8.24. The van der Waals surface area contributed by atoms with Gasteiger partial charge in [-0.1, -0.05) is 19.0 Å². The Morgan fingerprint density at radius 3 is 2.73 bits per heavy atom. The molecule has 5 rings (SSSR count). The first kappa shape index (κ1) is 14.7. The highest BCUT2D eigenvalue weighted by Gasteiger charge is 2.69. The highest BCUT2D eigenvalue weighted by molar-refractivity contribution is 5.09. The average Bonchev–Trinajstić information content (AvgIpc) is 2.71. The van der Waals surface area contributed by atoms with Crippen molar-refractivity contribution >= 4 is 0 Å². The van der Waals surface area contributed by atoms with Crippen LogP contribution >= 0.6 is 0 Å². The maximum absolute atomic E-state index is 8.82. The highest BCUT2D eigenvalue weighted by atomic mass is 17.3. The highest BCUT2D eigenvalue weighted by Crippen LogP contribution is 2.60. The van der Waals surface area contributed by atoms with Gasteiger partial charge in [-0.15, -0.1) is 0 Å². The fourth-order valence-corrected chi connectivity index (χ4v) is 5.07. The zero-order chi connectivity index (χ0) is 15.5. The number of nitrogens with zero attached hydrogens (tertiary/aromatic N) is 3. The van der Waals surface area contributed by atoms with E-state index >= 15 is 0 Å². The minimum Gasteiger partial charge on any atom is -0.340 e. The van der Waals surface area contributed by atoms with Crippen LogP contribution in [0.2, 0.25) is 0 Å². The Kier molecular flexibility index (Phi) is 3.23. The van der Waals surface area contributed by atoms with E-state index in [0.717, 1.165) is 25.7 Å². The predicted molar refractivity (Wildman–Crippen MR) is 76.0 cm³/mol. The van der Waals surface area contributed by atoms with Gasteiger partial charge in [0, 0.05) is 17.3 Å². The summed E-state index contributed by atoms with van der Waals surface area (Å²) in [5.74, 6) is 0.398. The van der Waals surface area contributed by atoms with Crippen molar-refractivity contribution in [2.24, 2.45) is 28.8 Å². The molecule has 0 aromatic rings. The molecule has 8 atom stereocenters. The summed E-state index contributed by atoms with van der Waals surface area (Å²) in [6.07, 6.45) is 2.92. The number of ether oxygens (including phenoxy) is 2. The van der Waals surface area contributed by atoms with Gasteiger partial charge in [-0.3, -0.25) is 0 Å². The normalized spacial score (nSPS) is 56.7. The minimum absolute atomic E-state index is 0.0804. The van der Waals surface area contributed by atoms with Gasteiger partial charge in [-0.05, 0) is 49.5 Å². The first-order valence-electron chi connectivity index (χ1n) is 8.24. The number of azide groups is 1. The van der Waals surface area contributed by atoms with Gasteiger partial charge >= 0.3 is 0 Å². The molecule has 5 aliphatic rings. The first-order chi connectivity index (χ1) is 10.5. The Bertz CT molecular complexity index is 525. The number of fused-ring (bicyclic) bond motifs is 2. The molecule has 2 bridgehead atoms. The molecule has 0 N–H and O–H groups in total. The number of hydrogen-bond donors (Lipinski definition) is 0. The summed E-state index contributed by atoms with van der Waals surface area (Å²) in [6.45, 7) is 6.24. The molecule has 7 heteroatoms. The third-order valence-corrected chi connectivity index (χ3v) is 6.29. The lowest BCUT2D eigenvalue weighted by atomic mass is 9.58. The SMILES string of the molecule is C[C@H]1[C@H](N=[N+]=[N-])O[C@@H]2O[C@@]3(C)CC[C@H]4[C@H](C)CC[C@@H]1[C@@]24OO3. The molecule has 7 nitrogen and oxygen atoms in total. The lowest BCUT2D eigenvalue weighted by Gasteiger charge is -2.60. The zero-order valence-electron chi connectivity index (χ0n) is 13.3. The van der Waals surface area contributed by atoms with E-state index < -0.39 is 23.9 Å². The van der Waals surface area contributed by atoms with Crippen molar-refractivity contribution in [1.82, 2.24) is 0 Å². The standard InChI is InChI=1S/C15H23N3O4/c1-8-4-5-11-9(2)12(17-18-16)19-13-15(11)10(8)6-7-14(3,20-13)21-22-15/h8-13H,4-7H2,1-3H3/t8-,9-,10+,11+,12-,13-,14-,15-/m1/s1. The molecule has 0 unspecified atom stereocenters. The van der Waals surface area contributed by atoms with Crippen molar-refractivity contribution in [2.45, 2.75) is 70.4 Å². The van der Waals surface area contributed by atoms with Gasteiger partial charge < -0.3 is 9.47 Å². The van der Waals surface area contributed by atoms with Crippen LogP contribution in [-0.2, 0) is 19.2 Å². The van der Waals surface area contributed by atoms with Crippen LogP contribution in [0.15, 0.2) is 5.11 Å². The Balaban J connectivity index is 1.80. The maximum Gasteiger partial charge on any atom is 0.201 e. The van der Waals surface area contributed by atoms with Crippen molar-refractivity contribution < 1.29 is 19.2 Å². The molecule has 1 spiro atoms. The molecule has 22 heavy (non-hydrogen) atoms. The molecule has 4 saturated heterocycles. The molecule has 4 heterocycles. The van der Waals surface area contributed by atoms with Crippen LogP contribution in [0.5, 0.6) is 0 Å². The van der Waals surface area contributed by atoms with Crippen molar-refractivity contribution in [1.29, 1.82) is 0 Å². The molecular weight excluding hydrogens is 286 g/mol. The molecular formula is C15H23N3O4. The average molecular weight is 309 g/mol. The summed E-state index contributed by atoms with van der Waals surface area (Å²) in [4.78, 5) is 14.7. The predicted octanol–water partition coefficient (Wildman–Crippen LogP) is 3.50. The van der Waals surface area contributed by atoms with E-state index in [-0.39, 0.29) is 11.8 Å². The minimum atomic E-state index is -0.779. The van der Waals surface area contributed by atoms with Crippen LogP contribution in [0.1, 0.15) is 46.5 Å². The summed E-state index contributed by atoms with van der Waals surface area (Å²) < 4.78 is 12.2. The van der Waals surface area contributed by atoms with E-state index in [2.05, 4.69) is 23.9 Å². The van der Waals surface area contributed by atoms with E-state index in [1.165, 1.54) is 0 Å². The van der Waals surface area contributed by atoms with Gasteiger partial charge in [0.15, 0.2) is 11.9 Å². The molecule has 0 amide bonds. The quantitative estimate of drug-likeness (QED) is 0.321. The van der Waals surface area contributed by atoms with Crippen LogP contribution in [0.3, 0.4) is 0 Å². The van der Waals surface area contributed by atoms with Crippen LogP contribution in [0.25, 0.3) is 10.4 Å². The van der Waals surface area contributed by atoms with Gasteiger partial charge in [0.2, 0.25) is 5.79 Å². The molecule has 1 aliphatic carbocycles. The van der Waals surface area contributed by atoms with Crippen LogP contribution in [-0.4, -0.2) is 23.9 Å². The molecule has 0 aromatic heterocycles. The largest absolute Gasteiger partial charge is 0.340 e. The summed E-state index contributed by atoms with van der Waals surface area (Å²) in [7, 11) is 0. The maximum atomic E-state index is 8.82. The second-order valence-electron chi connectivity index (χ2n) is 7.50. The van der Waals surface area contributed by atoms with Crippen molar-refractivity contribution in [3.63, 3.8) is 0 Å². The Hall–Kier alpha value is -0.850. The second kappa shape index (κ2) is 4.82. The molecule has 4 aliphatic heterocycles. The smallest absolute Gasteiger partial charge is 0.201 e. The van der Waals surface area contributed by atoms with Gasteiger partial charge in [0.05, 0.1) is 0 Å². The van der Waals surface area contributed by atoms with Crippen LogP contribution in [0, 0.1) is 23.7 Å². The zero-order valence-corrected chi connectivity index (χ0v) is 13.3. The van der Waals surface area contributed by atoms with Crippen molar-refractivity contribution in [2.75, 3.05) is 0 Å². The van der Waals surface area contributed by atoms with Gasteiger partial charge in [0.25, 0.3) is 0 Å². The van der Waals surface area contributed by atoms with Gasteiger partial charge in [-0.2, -0.15) is 0 Å². The Morgan fingerprint density at radius 2 is 1.95 bits per heavy atom. The molecule has 122 valence electrons. The number of rotatable bonds is 1. The summed E-state index contributed by atoms with van der Waals surface area (Å²) in [5, 5.41) is 3.84. The van der Waals surface area contributed by atoms with E-state index in [0.29, 0.717) is 11.8 Å².